The summed E-state index contributed by atoms with van der Waals surface area (Å²) in [6, 6.07) is 0. The Morgan fingerprint density at radius 2 is 1.00 bits per heavy atom. The number of allylic oxidation sites excluding steroid dienone is 2. The van der Waals surface area contributed by atoms with Crippen molar-refractivity contribution in [3.63, 3.8) is 0 Å². The van der Waals surface area contributed by atoms with Crippen LogP contribution in [-0.4, -0.2) is 0 Å². The fourth-order valence-electron chi connectivity index (χ4n) is 3.80. The van der Waals surface area contributed by atoms with Gasteiger partial charge in [0.15, 0.2) is 0 Å². The van der Waals surface area contributed by atoms with Crippen LogP contribution in [0.25, 0.3) is 0 Å². The van der Waals surface area contributed by atoms with E-state index in [9.17, 15) is 0 Å². The molecule has 0 N–H and O–H groups in total. The van der Waals surface area contributed by atoms with Crippen LogP contribution in [0.1, 0.15) is 40.5 Å². The van der Waals surface area contributed by atoms with Gasteiger partial charge in [-0.25, -0.2) is 0 Å². The lowest BCUT2D eigenvalue weighted by Crippen LogP contribution is -2.42. The van der Waals surface area contributed by atoms with Crippen molar-refractivity contribution in [3.05, 3.63) is 12.2 Å². The van der Waals surface area contributed by atoms with Crippen molar-refractivity contribution in [2.45, 2.75) is 40.5 Å². The summed E-state index contributed by atoms with van der Waals surface area (Å²) >= 11 is 0. The van der Waals surface area contributed by atoms with E-state index in [4.69, 9.17) is 0 Å². The summed E-state index contributed by atoms with van der Waals surface area (Å²) in [4.78, 5) is 0. The van der Waals surface area contributed by atoms with E-state index in [1.165, 1.54) is 12.8 Å². The predicted octanol–water partition coefficient (Wildman–Crippen LogP) is 4.13. The molecule has 1 fully saturated rings. The summed E-state index contributed by atoms with van der Waals surface area (Å²) in [5.41, 5.74) is 0. The molecule has 0 radical (unpaired) electrons. The van der Waals surface area contributed by atoms with E-state index < -0.39 is 0 Å². The van der Waals surface area contributed by atoms with Crippen LogP contribution in [0.5, 0.6) is 0 Å². The zero-order valence-electron chi connectivity index (χ0n) is 10.0. The molecule has 2 rings (SSSR count). The highest BCUT2D eigenvalue weighted by molar-refractivity contribution is 5.01. The van der Waals surface area contributed by atoms with Crippen molar-refractivity contribution >= 4 is 0 Å². The van der Waals surface area contributed by atoms with Gasteiger partial charge >= 0.3 is 0 Å². The molecule has 14 heavy (non-hydrogen) atoms. The third-order valence-electron chi connectivity index (χ3n) is 5.37. The van der Waals surface area contributed by atoms with Gasteiger partial charge in [-0.2, -0.15) is 0 Å². The van der Waals surface area contributed by atoms with Gasteiger partial charge in [-0.3, -0.25) is 0 Å². The molecule has 0 bridgehead atoms. The van der Waals surface area contributed by atoms with E-state index in [0.29, 0.717) is 0 Å². The highest BCUT2D eigenvalue weighted by Gasteiger charge is 2.42. The molecule has 0 heteroatoms. The maximum atomic E-state index is 2.48. The molecule has 0 aromatic carbocycles. The molecule has 0 spiro atoms. The summed E-state index contributed by atoms with van der Waals surface area (Å²) < 4.78 is 0. The summed E-state index contributed by atoms with van der Waals surface area (Å²) in [7, 11) is 0. The number of fused-ring (bicyclic) bond motifs is 1. The normalized spacial score (nSPS) is 52.9. The van der Waals surface area contributed by atoms with E-state index in [2.05, 4.69) is 39.8 Å². The van der Waals surface area contributed by atoms with Gasteiger partial charge < -0.3 is 0 Å². The minimum Gasteiger partial charge on any atom is -0.0882 e. The predicted molar refractivity (Wildman–Crippen MR) is 62.0 cm³/mol. The lowest BCUT2D eigenvalue weighted by molar-refractivity contribution is 0.0103. The first-order chi connectivity index (χ1) is 6.63. The standard InChI is InChI=1S/C14H24/c1-9-10(2)12(4)14-8-6-5-7-13(14)11(9)3/h5-6,9-14H,7-8H2,1-4H3. The van der Waals surface area contributed by atoms with Crippen molar-refractivity contribution in [1.82, 2.24) is 0 Å². The Morgan fingerprint density at radius 1 is 0.643 bits per heavy atom. The Kier molecular flexibility index (Phi) is 2.72. The fourth-order valence-corrected chi connectivity index (χ4v) is 3.80. The maximum absolute atomic E-state index is 2.48. The van der Waals surface area contributed by atoms with Crippen LogP contribution in [0, 0.1) is 35.5 Å². The van der Waals surface area contributed by atoms with Crippen LogP contribution < -0.4 is 0 Å². The van der Waals surface area contributed by atoms with E-state index in [1.54, 1.807) is 0 Å². The van der Waals surface area contributed by atoms with Gasteiger partial charge in [0.05, 0.1) is 0 Å². The molecule has 2 aliphatic carbocycles. The maximum Gasteiger partial charge on any atom is -0.0317 e. The number of rotatable bonds is 0. The molecule has 0 aromatic rings. The van der Waals surface area contributed by atoms with Gasteiger partial charge in [-0.1, -0.05) is 39.8 Å². The highest BCUT2D eigenvalue weighted by atomic mass is 14.5. The van der Waals surface area contributed by atoms with Crippen molar-refractivity contribution in [2.75, 3.05) is 0 Å². The van der Waals surface area contributed by atoms with Gasteiger partial charge in [0.2, 0.25) is 0 Å². The van der Waals surface area contributed by atoms with Crippen molar-refractivity contribution in [1.29, 1.82) is 0 Å². The minimum absolute atomic E-state index is 0.915. The van der Waals surface area contributed by atoms with Crippen molar-refractivity contribution < 1.29 is 0 Å². The van der Waals surface area contributed by atoms with E-state index in [1.807, 2.05) is 0 Å². The van der Waals surface area contributed by atoms with Crippen molar-refractivity contribution in [2.24, 2.45) is 35.5 Å². The third-order valence-corrected chi connectivity index (χ3v) is 5.37. The molecule has 0 saturated heterocycles. The van der Waals surface area contributed by atoms with Gasteiger partial charge in [-0.05, 0) is 48.3 Å². The Labute approximate surface area is 88.8 Å². The van der Waals surface area contributed by atoms with E-state index >= 15 is 0 Å². The van der Waals surface area contributed by atoms with Gasteiger partial charge in [0, 0.05) is 0 Å². The smallest absolute Gasteiger partial charge is 0.0317 e. The summed E-state index contributed by atoms with van der Waals surface area (Å²) in [6.45, 7) is 9.87. The summed E-state index contributed by atoms with van der Waals surface area (Å²) in [5.74, 6) is 5.63. The second-order valence-corrected chi connectivity index (χ2v) is 5.71. The second-order valence-electron chi connectivity index (χ2n) is 5.71. The second kappa shape index (κ2) is 3.72. The molecule has 6 unspecified atom stereocenters. The summed E-state index contributed by atoms with van der Waals surface area (Å²) in [6.07, 6.45) is 7.50. The molecule has 0 aromatic heterocycles. The highest BCUT2D eigenvalue weighted by Crippen LogP contribution is 2.49. The summed E-state index contributed by atoms with van der Waals surface area (Å²) in [5, 5.41) is 0. The molecule has 80 valence electrons. The SMILES string of the molecule is CC1C(C)C(C)C2CC=CCC2C1C. The van der Waals surface area contributed by atoms with Gasteiger partial charge in [-0.15, -0.1) is 0 Å². The largest absolute Gasteiger partial charge is 0.0882 e. The van der Waals surface area contributed by atoms with E-state index in [-0.39, 0.29) is 0 Å². The van der Waals surface area contributed by atoms with Crippen LogP contribution in [0.2, 0.25) is 0 Å². The number of hydrogen-bond donors (Lipinski definition) is 0. The first kappa shape index (κ1) is 10.3. The first-order valence-corrected chi connectivity index (χ1v) is 6.28. The lowest BCUT2D eigenvalue weighted by Gasteiger charge is -2.49. The Hall–Kier alpha value is -0.260. The average molecular weight is 192 g/mol. The molecule has 0 aliphatic heterocycles. The Morgan fingerprint density at radius 3 is 1.36 bits per heavy atom. The molecule has 1 saturated carbocycles. The van der Waals surface area contributed by atoms with Crippen LogP contribution in [0.4, 0.5) is 0 Å². The first-order valence-electron chi connectivity index (χ1n) is 6.28. The third kappa shape index (κ3) is 1.43. The van der Waals surface area contributed by atoms with Crippen LogP contribution in [0.3, 0.4) is 0 Å². The molecule has 6 atom stereocenters. The van der Waals surface area contributed by atoms with Crippen LogP contribution in [0.15, 0.2) is 12.2 Å². The monoisotopic (exact) mass is 192 g/mol. The Bertz CT molecular complexity index is 204. The molecule has 0 nitrogen and oxygen atoms in total. The zero-order chi connectivity index (χ0) is 10.3. The van der Waals surface area contributed by atoms with Gasteiger partial charge in [0.1, 0.15) is 0 Å². The van der Waals surface area contributed by atoms with E-state index in [0.717, 1.165) is 35.5 Å². The lowest BCUT2D eigenvalue weighted by atomic mass is 9.56. The molecular weight excluding hydrogens is 168 g/mol. The topological polar surface area (TPSA) is 0 Å². The molecular formula is C14H24. The van der Waals surface area contributed by atoms with Crippen LogP contribution >= 0.6 is 0 Å². The van der Waals surface area contributed by atoms with Crippen LogP contribution in [-0.2, 0) is 0 Å². The molecule has 0 amide bonds. The average Bonchev–Trinajstić information content (AvgIpc) is 2.23. The molecule has 0 heterocycles. The fraction of sp³-hybridized carbons (Fsp3) is 0.857. The molecule has 2 aliphatic rings. The Balaban J connectivity index is 2.22. The minimum atomic E-state index is 0.915. The zero-order valence-corrected chi connectivity index (χ0v) is 10.0. The number of hydrogen-bond acceptors (Lipinski definition) is 0. The van der Waals surface area contributed by atoms with Crippen molar-refractivity contribution in [3.8, 4) is 0 Å². The quantitative estimate of drug-likeness (QED) is 0.506. The van der Waals surface area contributed by atoms with Gasteiger partial charge in [0.25, 0.3) is 0 Å².